The lowest BCUT2D eigenvalue weighted by molar-refractivity contribution is 0.251. The van der Waals surface area contributed by atoms with Crippen LogP contribution in [0.1, 0.15) is 17.0 Å². The average Bonchev–Trinajstić information content (AvgIpc) is 3.24. The van der Waals surface area contributed by atoms with Crippen molar-refractivity contribution in [3.63, 3.8) is 0 Å². The standard InChI is InChI=1S/C24H24N4O3/c1-30-17-9-10-22(23(12-17)31-2)28-24(29)27-14-19(16-6-5-11-25-13-16)20-15-26-21-8-4-3-7-18(20)21/h3-13,15,19,26H,14H2,1-2H3,(H2,27,28,29)/t19-/m1/s1. The van der Waals surface area contributed by atoms with Gasteiger partial charge in [0.15, 0.2) is 0 Å². The van der Waals surface area contributed by atoms with Gasteiger partial charge in [-0.3, -0.25) is 4.98 Å². The summed E-state index contributed by atoms with van der Waals surface area (Å²) in [6.45, 7) is 0.401. The maximum atomic E-state index is 12.7. The highest BCUT2D eigenvalue weighted by Crippen LogP contribution is 2.31. The number of carbonyl (C=O) groups excluding carboxylic acids is 1. The van der Waals surface area contributed by atoms with Crippen LogP contribution in [0.4, 0.5) is 10.5 Å². The summed E-state index contributed by atoms with van der Waals surface area (Å²) in [5, 5.41) is 6.95. The van der Waals surface area contributed by atoms with Gasteiger partial charge in [-0.1, -0.05) is 24.3 Å². The van der Waals surface area contributed by atoms with Crippen LogP contribution >= 0.6 is 0 Å². The molecule has 0 aliphatic rings. The quantitative estimate of drug-likeness (QED) is 0.413. The second kappa shape index (κ2) is 9.21. The summed E-state index contributed by atoms with van der Waals surface area (Å²) >= 11 is 0. The van der Waals surface area contributed by atoms with Crippen molar-refractivity contribution in [2.24, 2.45) is 0 Å². The molecule has 0 saturated carbocycles. The number of benzene rings is 2. The van der Waals surface area contributed by atoms with Crippen molar-refractivity contribution >= 4 is 22.6 Å². The number of anilines is 1. The third-order valence-electron chi connectivity index (χ3n) is 5.21. The SMILES string of the molecule is COc1ccc(NC(=O)NC[C@H](c2cccnc2)c2c[nH]c3ccccc23)c(OC)c1. The molecule has 4 aromatic rings. The number of H-pyrrole nitrogens is 1. The summed E-state index contributed by atoms with van der Waals surface area (Å²) in [7, 11) is 3.13. The van der Waals surface area contributed by atoms with Crippen molar-refractivity contribution in [3.05, 3.63) is 84.3 Å². The molecule has 1 atom stereocenters. The summed E-state index contributed by atoms with van der Waals surface area (Å²) in [4.78, 5) is 20.2. The molecule has 0 radical (unpaired) electrons. The van der Waals surface area contributed by atoms with Crippen molar-refractivity contribution in [2.45, 2.75) is 5.92 Å². The number of hydrogen-bond acceptors (Lipinski definition) is 4. The molecule has 0 bridgehead atoms. The van der Waals surface area contributed by atoms with Gasteiger partial charge in [0.25, 0.3) is 0 Å². The molecule has 4 rings (SSSR count). The third-order valence-corrected chi connectivity index (χ3v) is 5.21. The van der Waals surface area contributed by atoms with Crippen molar-refractivity contribution in [1.29, 1.82) is 0 Å². The smallest absolute Gasteiger partial charge is 0.319 e. The van der Waals surface area contributed by atoms with Crippen LogP contribution in [0, 0.1) is 0 Å². The van der Waals surface area contributed by atoms with Gasteiger partial charge in [-0.25, -0.2) is 4.79 Å². The van der Waals surface area contributed by atoms with Crippen LogP contribution in [0.3, 0.4) is 0 Å². The number of ether oxygens (including phenoxy) is 2. The molecule has 31 heavy (non-hydrogen) atoms. The monoisotopic (exact) mass is 416 g/mol. The Hall–Kier alpha value is -4.00. The van der Waals surface area contributed by atoms with E-state index in [4.69, 9.17) is 9.47 Å². The number of methoxy groups -OCH3 is 2. The maximum absolute atomic E-state index is 12.7. The molecule has 7 heteroatoms. The van der Waals surface area contributed by atoms with Crippen LogP contribution in [0.2, 0.25) is 0 Å². The fourth-order valence-corrected chi connectivity index (χ4v) is 3.63. The first-order valence-electron chi connectivity index (χ1n) is 9.92. The largest absolute Gasteiger partial charge is 0.497 e. The van der Waals surface area contributed by atoms with E-state index in [1.165, 1.54) is 0 Å². The molecule has 0 spiro atoms. The Labute approximate surface area is 180 Å². The Morgan fingerprint density at radius 2 is 1.97 bits per heavy atom. The molecule has 0 saturated heterocycles. The number of urea groups is 1. The number of aromatic nitrogens is 2. The fraction of sp³-hybridized carbons (Fsp3) is 0.167. The fourth-order valence-electron chi connectivity index (χ4n) is 3.63. The zero-order chi connectivity index (χ0) is 21.6. The van der Waals surface area contributed by atoms with Crippen LogP contribution < -0.4 is 20.1 Å². The molecular weight excluding hydrogens is 392 g/mol. The maximum Gasteiger partial charge on any atom is 0.319 e. The van der Waals surface area contributed by atoms with Crippen LogP contribution in [0.15, 0.2) is 73.2 Å². The number of hydrogen-bond donors (Lipinski definition) is 3. The van der Waals surface area contributed by atoms with Crippen molar-refractivity contribution < 1.29 is 14.3 Å². The molecule has 0 unspecified atom stereocenters. The lowest BCUT2D eigenvalue weighted by Gasteiger charge is -2.18. The highest BCUT2D eigenvalue weighted by Gasteiger charge is 2.19. The number of nitrogens with one attached hydrogen (secondary N) is 3. The highest BCUT2D eigenvalue weighted by atomic mass is 16.5. The van der Waals surface area contributed by atoms with Gasteiger partial charge < -0.3 is 25.1 Å². The molecule has 0 aliphatic heterocycles. The summed E-state index contributed by atoms with van der Waals surface area (Å²) in [5.41, 5.74) is 3.74. The van der Waals surface area contributed by atoms with Crippen molar-refractivity contribution in [2.75, 3.05) is 26.1 Å². The van der Waals surface area contributed by atoms with Crippen molar-refractivity contribution in [3.8, 4) is 11.5 Å². The molecule has 2 amide bonds. The molecule has 7 nitrogen and oxygen atoms in total. The predicted molar refractivity (Wildman–Crippen MR) is 121 cm³/mol. The minimum absolute atomic E-state index is 0.0617. The van der Waals surface area contributed by atoms with Gasteiger partial charge in [0.1, 0.15) is 11.5 Å². The molecular formula is C24H24N4O3. The van der Waals surface area contributed by atoms with Gasteiger partial charge >= 0.3 is 6.03 Å². The van der Waals surface area contributed by atoms with Crippen molar-refractivity contribution in [1.82, 2.24) is 15.3 Å². The molecule has 2 heterocycles. The number of rotatable bonds is 7. The molecule has 3 N–H and O–H groups in total. The Morgan fingerprint density at radius 1 is 1.10 bits per heavy atom. The lowest BCUT2D eigenvalue weighted by Crippen LogP contribution is -2.32. The average molecular weight is 416 g/mol. The van der Waals surface area contributed by atoms with E-state index in [0.29, 0.717) is 23.7 Å². The van der Waals surface area contributed by atoms with E-state index >= 15 is 0 Å². The Balaban J connectivity index is 1.54. The molecule has 2 aromatic carbocycles. The van der Waals surface area contributed by atoms with Gasteiger partial charge in [0, 0.05) is 48.0 Å². The van der Waals surface area contributed by atoms with Gasteiger partial charge in [-0.15, -0.1) is 0 Å². The van der Waals surface area contributed by atoms with Gasteiger partial charge in [0.2, 0.25) is 0 Å². The Bertz CT molecular complexity index is 1170. The van der Waals surface area contributed by atoms with E-state index < -0.39 is 0 Å². The lowest BCUT2D eigenvalue weighted by atomic mass is 9.92. The summed E-state index contributed by atoms with van der Waals surface area (Å²) in [6.07, 6.45) is 5.57. The second-order valence-electron chi connectivity index (χ2n) is 7.03. The second-order valence-corrected chi connectivity index (χ2v) is 7.03. The number of pyridine rings is 1. The number of carbonyl (C=O) groups is 1. The van der Waals surface area contributed by atoms with E-state index in [-0.39, 0.29) is 11.9 Å². The summed E-state index contributed by atoms with van der Waals surface area (Å²) < 4.78 is 10.6. The number of fused-ring (bicyclic) bond motifs is 1. The number of nitrogens with zero attached hydrogens (tertiary/aromatic N) is 1. The van der Waals surface area contributed by atoms with Crippen LogP contribution in [-0.2, 0) is 0 Å². The predicted octanol–water partition coefficient (Wildman–Crippen LogP) is 4.53. The topological polar surface area (TPSA) is 88.3 Å². The van der Waals surface area contributed by atoms with Crippen LogP contribution in [0.25, 0.3) is 10.9 Å². The Kier molecular flexibility index (Phi) is 6.03. The van der Waals surface area contributed by atoms with Gasteiger partial charge in [-0.05, 0) is 35.4 Å². The van der Waals surface area contributed by atoms with E-state index in [1.807, 2.05) is 42.7 Å². The number of amides is 2. The van der Waals surface area contributed by atoms with E-state index in [2.05, 4.69) is 26.7 Å². The van der Waals surface area contributed by atoms with E-state index in [1.54, 1.807) is 38.6 Å². The normalized spacial score (nSPS) is 11.7. The summed E-state index contributed by atoms with van der Waals surface area (Å²) in [6, 6.07) is 17.0. The number of para-hydroxylation sites is 1. The van der Waals surface area contributed by atoms with E-state index in [0.717, 1.165) is 22.0 Å². The zero-order valence-corrected chi connectivity index (χ0v) is 17.4. The number of aromatic amines is 1. The summed E-state index contributed by atoms with van der Waals surface area (Å²) in [5.74, 6) is 1.11. The zero-order valence-electron chi connectivity index (χ0n) is 17.4. The first-order valence-corrected chi connectivity index (χ1v) is 9.92. The third kappa shape index (κ3) is 4.45. The highest BCUT2D eigenvalue weighted by molar-refractivity contribution is 5.91. The molecule has 2 aromatic heterocycles. The van der Waals surface area contributed by atoms with Gasteiger partial charge in [0.05, 0.1) is 19.9 Å². The first kappa shape index (κ1) is 20.3. The Morgan fingerprint density at radius 3 is 2.74 bits per heavy atom. The van der Waals surface area contributed by atoms with Crippen LogP contribution in [-0.4, -0.2) is 36.8 Å². The van der Waals surface area contributed by atoms with Crippen LogP contribution in [0.5, 0.6) is 11.5 Å². The van der Waals surface area contributed by atoms with Gasteiger partial charge in [-0.2, -0.15) is 0 Å². The molecule has 0 aliphatic carbocycles. The first-order chi connectivity index (χ1) is 15.2. The van der Waals surface area contributed by atoms with E-state index in [9.17, 15) is 4.79 Å². The molecule has 0 fully saturated rings. The minimum Gasteiger partial charge on any atom is -0.497 e. The molecule has 158 valence electrons. The minimum atomic E-state index is -0.322.